The zero-order chi connectivity index (χ0) is 25.2. The largest absolute Gasteiger partial charge is 0.488 e. The second-order valence-electron chi connectivity index (χ2n) is 9.46. The normalized spacial score (nSPS) is 14.2. The molecule has 1 aliphatic rings. The summed E-state index contributed by atoms with van der Waals surface area (Å²) in [6, 6.07) is 26.7. The van der Waals surface area contributed by atoms with Gasteiger partial charge in [0.2, 0.25) is 0 Å². The molecule has 0 saturated carbocycles. The van der Waals surface area contributed by atoms with Gasteiger partial charge in [-0.3, -0.25) is 0 Å². The van der Waals surface area contributed by atoms with Crippen LogP contribution in [0, 0.1) is 0 Å². The first-order valence-electron chi connectivity index (χ1n) is 12.6. The van der Waals surface area contributed by atoms with E-state index in [-0.39, 0.29) is 0 Å². The summed E-state index contributed by atoms with van der Waals surface area (Å²) >= 11 is 0. The number of likely N-dealkylation sites (N-methyl/N-ethyl adjacent to an activating group) is 1. The van der Waals surface area contributed by atoms with Gasteiger partial charge in [-0.05, 0) is 36.4 Å². The number of aromatic nitrogens is 3. The molecule has 37 heavy (non-hydrogen) atoms. The number of fused-ring (bicyclic) bond motifs is 1. The fourth-order valence-electron chi connectivity index (χ4n) is 4.83. The number of hydrogen-bond donors (Lipinski definition) is 1. The van der Waals surface area contributed by atoms with E-state index in [2.05, 4.69) is 46.2 Å². The Morgan fingerprint density at radius 2 is 1.51 bits per heavy atom. The lowest BCUT2D eigenvalue weighted by atomic mass is 10.1. The second kappa shape index (κ2) is 9.95. The van der Waals surface area contributed by atoms with E-state index in [4.69, 9.17) is 15.5 Å². The number of rotatable bonds is 6. The summed E-state index contributed by atoms with van der Waals surface area (Å²) in [6.45, 7) is 4.74. The van der Waals surface area contributed by atoms with Crippen LogP contribution in [0.5, 0.6) is 5.75 Å². The van der Waals surface area contributed by atoms with Gasteiger partial charge < -0.3 is 20.3 Å². The molecule has 0 unspecified atom stereocenters. The van der Waals surface area contributed by atoms with Crippen molar-refractivity contribution in [2.45, 2.75) is 6.61 Å². The SMILES string of the molecule is CN1CCN(c2ccc(-c3cnn4c(N)c(-c5ccccc5OCc5ccccc5)cnc34)cc2)CC1. The summed E-state index contributed by atoms with van der Waals surface area (Å²) in [5, 5.41) is 4.60. The lowest BCUT2D eigenvalue weighted by Gasteiger charge is -2.34. The van der Waals surface area contributed by atoms with Gasteiger partial charge in [-0.25, -0.2) is 4.98 Å². The zero-order valence-electron chi connectivity index (χ0n) is 20.9. The van der Waals surface area contributed by atoms with Gasteiger partial charge in [0.1, 0.15) is 18.2 Å². The van der Waals surface area contributed by atoms with Crippen LogP contribution in [-0.4, -0.2) is 52.7 Å². The predicted molar refractivity (Wildman–Crippen MR) is 149 cm³/mol. The molecule has 0 spiro atoms. The van der Waals surface area contributed by atoms with Crippen LogP contribution in [0.2, 0.25) is 0 Å². The number of benzene rings is 3. The predicted octanol–water partition coefficient (Wildman–Crippen LogP) is 4.98. The Balaban J connectivity index is 1.28. The zero-order valence-corrected chi connectivity index (χ0v) is 20.9. The van der Waals surface area contributed by atoms with E-state index >= 15 is 0 Å². The minimum absolute atomic E-state index is 0.476. The van der Waals surface area contributed by atoms with Gasteiger partial charge in [0, 0.05) is 54.8 Å². The lowest BCUT2D eigenvalue weighted by molar-refractivity contribution is 0.307. The molecule has 2 N–H and O–H groups in total. The van der Waals surface area contributed by atoms with E-state index in [9.17, 15) is 0 Å². The Morgan fingerprint density at radius 1 is 0.784 bits per heavy atom. The molecule has 5 aromatic rings. The molecule has 0 radical (unpaired) electrons. The van der Waals surface area contributed by atoms with Crippen molar-refractivity contribution in [2.75, 3.05) is 43.9 Å². The van der Waals surface area contributed by atoms with Crippen molar-refractivity contribution in [2.24, 2.45) is 0 Å². The lowest BCUT2D eigenvalue weighted by Crippen LogP contribution is -2.44. The third-order valence-electron chi connectivity index (χ3n) is 7.03. The highest BCUT2D eigenvalue weighted by molar-refractivity contribution is 5.84. The van der Waals surface area contributed by atoms with E-state index in [1.54, 1.807) is 4.52 Å². The molecule has 0 bridgehead atoms. The quantitative estimate of drug-likeness (QED) is 0.362. The Hall–Kier alpha value is -4.36. The van der Waals surface area contributed by atoms with Crippen molar-refractivity contribution >= 4 is 17.2 Å². The molecule has 1 saturated heterocycles. The van der Waals surface area contributed by atoms with Crippen LogP contribution in [-0.2, 0) is 6.61 Å². The number of para-hydroxylation sites is 1. The average molecular weight is 491 g/mol. The van der Waals surface area contributed by atoms with Crippen LogP contribution in [0.3, 0.4) is 0 Å². The highest BCUT2D eigenvalue weighted by atomic mass is 16.5. The van der Waals surface area contributed by atoms with E-state index in [0.29, 0.717) is 12.4 Å². The van der Waals surface area contributed by atoms with Crippen molar-refractivity contribution in [1.82, 2.24) is 19.5 Å². The second-order valence-corrected chi connectivity index (χ2v) is 9.46. The number of hydrogen-bond acceptors (Lipinski definition) is 6. The molecular formula is C30H30N6O. The van der Waals surface area contributed by atoms with Crippen molar-refractivity contribution in [1.29, 1.82) is 0 Å². The highest BCUT2D eigenvalue weighted by Gasteiger charge is 2.18. The van der Waals surface area contributed by atoms with Crippen LogP contribution in [0.4, 0.5) is 11.5 Å². The number of anilines is 2. The summed E-state index contributed by atoms with van der Waals surface area (Å²) < 4.78 is 7.88. The van der Waals surface area contributed by atoms with Crippen LogP contribution in [0.1, 0.15) is 5.56 Å². The van der Waals surface area contributed by atoms with Crippen molar-refractivity contribution in [3.63, 3.8) is 0 Å². The maximum Gasteiger partial charge on any atom is 0.165 e. The van der Waals surface area contributed by atoms with Gasteiger partial charge in [-0.1, -0.05) is 60.7 Å². The number of piperazine rings is 1. The topological polar surface area (TPSA) is 71.9 Å². The maximum atomic E-state index is 6.65. The number of ether oxygens (including phenoxy) is 1. The van der Waals surface area contributed by atoms with Gasteiger partial charge in [0.05, 0.1) is 6.20 Å². The van der Waals surface area contributed by atoms with Gasteiger partial charge in [0.25, 0.3) is 0 Å². The summed E-state index contributed by atoms with van der Waals surface area (Å²) in [5.41, 5.74) is 13.4. The first-order chi connectivity index (χ1) is 18.2. The maximum absolute atomic E-state index is 6.65. The fourth-order valence-corrected chi connectivity index (χ4v) is 4.83. The van der Waals surface area contributed by atoms with Crippen LogP contribution >= 0.6 is 0 Å². The molecule has 1 aliphatic heterocycles. The number of nitrogens with zero attached hydrogens (tertiary/aromatic N) is 5. The van der Waals surface area contributed by atoms with Gasteiger partial charge in [-0.2, -0.15) is 9.61 Å². The molecule has 3 heterocycles. The molecule has 3 aromatic carbocycles. The van der Waals surface area contributed by atoms with Gasteiger partial charge in [-0.15, -0.1) is 0 Å². The van der Waals surface area contributed by atoms with E-state index in [1.807, 2.05) is 67.0 Å². The molecule has 1 fully saturated rings. The van der Waals surface area contributed by atoms with Crippen molar-refractivity contribution in [3.05, 3.63) is 96.8 Å². The molecule has 0 aliphatic carbocycles. The first-order valence-corrected chi connectivity index (χ1v) is 12.6. The Labute approximate surface area is 216 Å². The monoisotopic (exact) mass is 490 g/mol. The molecule has 2 aromatic heterocycles. The standard InChI is InChI=1S/C30H30N6O/c1-34-15-17-35(18-16-34)24-13-11-23(12-14-24)26-20-33-36-29(31)27(19-32-30(26)36)25-9-5-6-10-28(25)37-21-22-7-3-2-4-8-22/h2-14,19-20H,15-18,21,31H2,1H3. The van der Waals surface area contributed by atoms with Crippen LogP contribution < -0.4 is 15.4 Å². The van der Waals surface area contributed by atoms with Crippen molar-refractivity contribution in [3.8, 4) is 28.0 Å². The summed E-state index contributed by atoms with van der Waals surface area (Å²) in [7, 11) is 2.17. The third kappa shape index (κ3) is 4.61. The van der Waals surface area contributed by atoms with Crippen molar-refractivity contribution < 1.29 is 4.74 Å². The molecule has 186 valence electrons. The molecule has 0 amide bonds. The third-order valence-corrected chi connectivity index (χ3v) is 7.03. The molecular weight excluding hydrogens is 460 g/mol. The van der Waals surface area contributed by atoms with Gasteiger partial charge in [0.15, 0.2) is 5.65 Å². The number of nitrogen functional groups attached to an aromatic ring is 1. The first kappa shape index (κ1) is 23.1. The summed E-state index contributed by atoms with van der Waals surface area (Å²) in [5.74, 6) is 1.28. The molecule has 7 heteroatoms. The smallest absolute Gasteiger partial charge is 0.165 e. The fraction of sp³-hybridized carbons (Fsp3) is 0.200. The van der Waals surface area contributed by atoms with Gasteiger partial charge >= 0.3 is 0 Å². The Bertz CT molecular complexity index is 1500. The Kier molecular flexibility index (Phi) is 6.20. The molecule has 7 nitrogen and oxygen atoms in total. The average Bonchev–Trinajstić information content (AvgIpc) is 3.39. The number of nitrogens with two attached hydrogens (primary N) is 1. The minimum Gasteiger partial charge on any atom is -0.488 e. The molecule has 0 atom stereocenters. The van der Waals surface area contributed by atoms with E-state index < -0.39 is 0 Å². The summed E-state index contributed by atoms with van der Waals surface area (Å²) in [6.07, 6.45) is 3.66. The molecule has 6 rings (SSSR count). The van der Waals surface area contributed by atoms with E-state index in [0.717, 1.165) is 65.4 Å². The van der Waals surface area contributed by atoms with Crippen LogP contribution in [0.25, 0.3) is 27.9 Å². The minimum atomic E-state index is 0.476. The van der Waals surface area contributed by atoms with E-state index in [1.165, 1.54) is 5.69 Å². The Morgan fingerprint density at radius 3 is 2.30 bits per heavy atom. The summed E-state index contributed by atoms with van der Waals surface area (Å²) in [4.78, 5) is 9.58. The highest BCUT2D eigenvalue weighted by Crippen LogP contribution is 2.35. The van der Waals surface area contributed by atoms with Crippen LogP contribution in [0.15, 0.2) is 91.3 Å².